The van der Waals surface area contributed by atoms with Crippen LogP contribution in [0.2, 0.25) is 0 Å². The third kappa shape index (κ3) is 2.85. The van der Waals surface area contributed by atoms with Crippen molar-refractivity contribution >= 4 is 0 Å². The lowest BCUT2D eigenvalue weighted by Crippen LogP contribution is -2.28. The highest BCUT2D eigenvalue weighted by atomic mass is 14.9. The topological polar surface area (TPSA) is 24.9 Å². The molecule has 98 valence electrons. The Morgan fingerprint density at radius 1 is 1.16 bits per heavy atom. The van der Waals surface area contributed by atoms with Crippen LogP contribution in [0.15, 0.2) is 42.5 Å². The number of aromatic nitrogens is 1. The monoisotopic (exact) mass is 252 g/mol. The molecule has 2 heteroatoms. The highest BCUT2D eigenvalue weighted by molar-refractivity contribution is 5.60. The van der Waals surface area contributed by atoms with Gasteiger partial charge in [0.15, 0.2) is 0 Å². The van der Waals surface area contributed by atoms with Gasteiger partial charge in [0.25, 0.3) is 0 Å². The molecule has 19 heavy (non-hydrogen) atoms. The van der Waals surface area contributed by atoms with Gasteiger partial charge in [0, 0.05) is 23.7 Å². The minimum absolute atomic E-state index is 0.568. The van der Waals surface area contributed by atoms with Gasteiger partial charge in [-0.1, -0.05) is 29.8 Å². The number of nitrogens with one attached hydrogen (secondary N) is 1. The molecule has 2 heterocycles. The predicted molar refractivity (Wildman–Crippen MR) is 79.3 cm³/mol. The van der Waals surface area contributed by atoms with Crippen molar-refractivity contribution in [1.82, 2.24) is 10.3 Å². The second-order valence-electron chi connectivity index (χ2n) is 5.36. The van der Waals surface area contributed by atoms with Crippen LogP contribution in [-0.4, -0.2) is 18.1 Å². The second kappa shape index (κ2) is 5.54. The summed E-state index contributed by atoms with van der Waals surface area (Å²) in [5.74, 6) is 0.568. The molecule has 2 nitrogen and oxygen atoms in total. The Labute approximate surface area is 114 Å². The summed E-state index contributed by atoms with van der Waals surface area (Å²) in [7, 11) is 0. The fourth-order valence-corrected chi connectivity index (χ4v) is 2.75. The van der Waals surface area contributed by atoms with Crippen LogP contribution < -0.4 is 5.32 Å². The number of hydrogen-bond donors (Lipinski definition) is 1. The summed E-state index contributed by atoms with van der Waals surface area (Å²) < 4.78 is 0. The van der Waals surface area contributed by atoms with E-state index in [1.807, 2.05) is 0 Å². The summed E-state index contributed by atoms with van der Waals surface area (Å²) in [6.45, 7) is 4.33. The molecule has 0 radical (unpaired) electrons. The highest BCUT2D eigenvalue weighted by Gasteiger charge is 2.16. The molecule has 0 unspecified atom stereocenters. The fraction of sp³-hybridized carbons (Fsp3) is 0.353. The van der Waals surface area contributed by atoms with Gasteiger partial charge in [-0.2, -0.15) is 0 Å². The van der Waals surface area contributed by atoms with Crippen molar-refractivity contribution in [3.8, 4) is 11.3 Å². The lowest BCUT2D eigenvalue weighted by Gasteiger charge is -2.22. The Balaban J connectivity index is 1.91. The lowest BCUT2D eigenvalue weighted by atomic mass is 9.95. The molecule has 0 spiro atoms. The van der Waals surface area contributed by atoms with Gasteiger partial charge in [-0.25, -0.2) is 0 Å². The number of benzene rings is 1. The standard InChI is InChI=1S/C17H20N2/c1-13-5-2-6-14(11-13)16-8-3-9-17(19-16)15-7-4-10-18-12-15/h2-3,5-6,8-9,11,15,18H,4,7,10,12H2,1H3/t15-/m0/s1. The van der Waals surface area contributed by atoms with Crippen LogP contribution in [0.5, 0.6) is 0 Å². The molecule has 1 saturated heterocycles. The minimum atomic E-state index is 0.568. The van der Waals surface area contributed by atoms with Gasteiger partial charge in [0.1, 0.15) is 0 Å². The summed E-state index contributed by atoms with van der Waals surface area (Å²) in [4.78, 5) is 4.87. The molecular formula is C17H20N2. The maximum atomic E-state index is 4.87. The molecule has 1 atom stereocenters. The van der Waals surface area contributed by atoms with Crippen molar-refractivity contribution in [3.63, 3.8) is 0 Å². The highest BCUT2D eigenvalue weighted by Crippen LogP contribution is 2.25. The molecule has 1 aromatic carbocycles. The van der Waals surface area contributed by atoms with Crippen molar-refractivity contribution in [1.29, 1.82) is 0 Å². The Kier molecular flexibility index (Phi) is 3.60. The maximum Gasteiger partial charge on any atom is 0.0705 e. The van der Waals surface area contributed by atoms with Crippen LogP contribution in [-0.2, 0) is 0 Å². The maximum absolute atomic E-state index is 4.87. The number of pyridine rings is 1. The molecule has 2 aromatic rings. The quantitative estimate of drug-likeness (QED) is 0.884. The number of hydrogen-bond acceptors (Lipinski definition) is 2. The van der Waals surface area contributed by atoms with E-state index in [1.54, 1.807) is 0 Å². The molecule has 0 saturated carbocycles. The molecule has 1 aliphatic rings. The Hall–Kier alpha value is -1.67. The minimum Gasteiger partial charge on any atom is -0.316 e. The first-order valence-electron chi connectivity index (χ1n) is 7.07. The van der Waals surface area contributed by atoms with Crippen LogP contribution >= 0.6 is 0 Å². The summed E-state index contributed by atoms with van der Waals surface area (Å²) in [6.07, 6.45) is 2.50. The van der Waals surface area contributed by atoms with E-state index in [-0.39, 0.29) is 0 Å². The van der Waals surface area contributed by atoms with Crippen molar-refractivity contribution < 1.29 is 0 Å². The first-order valence-corrected chi connectivity index (χ1v) is 7.07. The van der Waals surface area contributed by atoms with Crippen molar-refractivity contribution in [2.75, 3.05) is 13.1 Å². The molecule has 1 fully saturated rings. The van der Waals surface area contributed by atoms with E-state index < -0.39 is 0 Å². The number of nitrogens with zero attached hydrogens (tertiary/aromatic N) is 1. The first kappa shape index (κ1) is 12.4. The smallest absolute Gasteiger partial charge is 0.0705 e. The average molecular weight is 252 g/mol. The van der Waals surface area contributed by atoms with Crippen LogP contribution in [0.4, 0.5) is 0 Å². The molecule has 0 bridgehead atoms. The van der Waals surface area contributed by atoms with Crippen LogP contribution in [0.1, 0.15) is 30.0 Å². The van der Waals surface area contributed by atoms with E-state index in [9.17, 15) is 0 Å². The average Bonchev–Trinajstić information content (AvgIpc) is 2.48. The molecule has 1 aliphatic heterocycles. The summed E-state index contributed by atoms with van der Waals surface area (Å²) in [6, 6.07) is 15.0. The summed E-state index contributed by atoms with van der Waals surface area (Å²) in [5.41, 5.74) is 4.81. The third-order valence-electron chi connectivity index (χ3n) is 3.80. The summed E-state index contributed by atoms with van der Waals surface area (Å²) >= 11 is 0. The first-order chi connectivity index (χ1) is 9.33. The van der Waals surface area contributed by atoms with Gasteiger partial charge in [-0.3, -0.25) is 4.98 Å². The summed E-state index contributed by atoms with van der Waals surface area (Å²) in [5, 5.41) is 3.46. The molecule has 0 amide bonds. The molecule has 1 N–H and O–H groups in total. The molecule has 3 rings (SSSR count). The largest absolute Gasteiger partial charge is 0.316 e. The van der Waals surface area contributed by atoms with Gasteiger partial charge in [-0.05, 0) is 44.5 Å². The van der Waals surface area contributed by atoms with Crippen LogP contribution in [0.25, 0.3) is 11.3 Å². The van der Waals surface area contributed by atoms with Crippen LogP contribution in [0.3, 0.4) is 0 Å². The predicted octanol–water partition coefficient (Wildman–Crippen LogP) is 3.52. The third-order valence-corrected chi connectivity index (χ3v) is 3.80. The van der Waals surface area contributed by atoms with E-state index in [0.29, 0.717) is 5.92 Å². The van der Waals surface area contributed by atoms with Gasteiger partial charge in [-0.15, -0.1) is 0 Å². The van der Waals surface area contributed by atoms with E-state index >= 15 is 0 Å². The zero-order chi connectivity index (χ0) is 13.1. The number of rotatable bonds is 2. The normalized spacial score (nSPS) is 19.3. The lowest BCUT2D eigenvalue weighted by molar-refractivity contribution is 0.455. The zero-order valence-electron chi connectivity index (χ0n) is 11.4. The van der Waals surface area contributed by atoms with E-state index in [2.05, 4.69) is 54.7 Å². The van der Waals surface area contributed by atoms with E-state index in [0.717, 1.165) is 18.8 Å². The Morgan fingerprint density at radius 3 is 2.84 bits per heavy atom. The molecular weight excluding hydrogens is 232 g/mol. The van der Waals surface area contributed by atoms with Crippen molar-refractivity contribution in [3.05, 3.63) is 53.7 Å². The Bertz CT molecular complexity index is 557. The van der Waals surface area contributed by atoms with Crippen molar-refractivity contribution in [2.24, 2.45) is 0 Å². The van der Waals surface area contributed by atoms with Gasteiger partial charge >= 0.3 is 0 Å². The van der Waals surface area contributed by atoms with Gasteiger partial charge in [0.2, 0.25) is 0 Å². The second-order valence-corrected chi connectivity index (χ2v) is 5.36. The zero-order valence-corrected chi connectivity index (χ0v) is 11.4. The van der Waals surface area contributed by atoms with Gasteiger partial charge in [0.05, 0.1) is 5.69 Å². The molecule has 0 aliphatic carbocycles. The van der Waals surface area contributed by atoms with Gasteiger partial charge < -0.3 is 5.32 Å². The molecule has 1 aromatic heterocycles. The van der Waals surface area contributed by atoms with E-state index in [4.69, 9.17) is 4.98 Å². The number of aryl methyl sites for hydroxylation is 1. The SMILES string of the molecule is Cc1cccc(-c2cccc([C@H]3CCCNC3)n2)c1. The Morgan fingerprint density at radius 2 is 2.05 bits per heavy atom. The fourth-order valence-electron chi connectivity index (χ4n) is 2.75. The number of piperidine rings is 1. The van der Waals surface area contributed by atoms with E-state index in [1.165, 1.54) is 29.7 Å². The van der Waals surface area contributed by atoms with Crippen molar-refractivity contribution in [2.45, 2.75) is 25.7 Å². The van der Waals surface area contributed by atoms with Crippen LogP contribution in [0, 0.1) is 6.92 Å².